The molecule has 0 aliphatic heterocycles. The van der Waals surface area contributed by atoms with Gasteiger partial charge in [-0.3, -0.25) is 9.78 Å². The Hall–Kier alpha value is -3.96. The summed E-state index contributed by atoms with van der Waals surface area (Å²) in [6.45, 7) is 0. The number of carboxylic acids is 1. The largest absolute Gasteiger partial charge is 0.481 e. The third-order valence-corrected chi connectivity index (χ3v) is 6.68. The van der Waals surface area contributed by atoms with E-state index in [1.165, 1.54) is 34.4 Å². The smallest absolute Gasteiger partial charge is 0.303 e. The molecule has 0 unspecified atom stereocenters. The fourth-order valence-electron chi connectivity index (χ4n) is 3.43. The van der Waals surface area contributed by atoms with Gasteiger partial charge >= 0.3 is 5.97 Å². The highest BCUT2D eigenvalue weighted by atomic mass is 32.2. The van der Waals surface area contributed by atoms with Gasteiger partial charge in [-0.15, -0.1) is 0 Å². The third-order valence-electron chi connectivity index (χ3n) is 5.00. The summed E-state index contributed by atoms with van der Waals surface area (Å²) in [5.74, 6) is -0.959. The summed E-state index contributed by atoms with van der Waals surface area (Å²) >= 11 is 0. The van der Waals surface area contributed by atoms with Gasteiger partial charge in [-0.1, -0.05) is 12.1 Å². The second kappa shape index (κ2) is 8.05. The second-order valence-corrected chi connectivity index (χ2v) is 8.77. The van der Waals surface area contributed by atoms with Crippen molar-refractivity contribution in [2.24, 2.45) is 0 Å². The van der Waals surface area contributed by atoms with Crippen molar-refractivity contribution in [3.8, 4) is 17.2 Å². The predicted molar refractivity (Wildman–Crippen MR) is 115 cm³/mol. The van der Waals surface area contributed by atoms with Gasteiger partial charge in [0, 0.05) is 36.0 Å². The molecule has 0 amide bonds. The van der Waals surface area contributed by atoms with Crippen molar-refractivity contribution in [1.29, 1.82) is 5.26 Å². The Morgan fingerprint density at radius 2 is 1.87 bits per heavy atom. The highest BCUT2D eigenvalue weighted by Gasteiger charge is 2.22. The fourth-order valence-corrected chi connectivity index (χ4v) is 4.83. The molecule has 154 valence electrons. The van der Waals surface area contributed by atoms with E-state index in [1.807, 2.05) is 30.3 Å². The monoisotopic (exact) mass is 431 g/mol. The summed E-state index contributed by atoms with van der Waals surface area (Å²) in [4.78, 5) is 15.3. The Balaban J connectivity index is 1.88. The Bertz CT molecular complexity index is 1420. The molecule has 0 bridgehead atoms. The molecule has 31 heavy (non-hydrogen) atoms. The number of aromatic nitrogens is 2. The minimum Gasteiger partial charge on any atom is -0.481 e. The number of fused-ring (bicyclic) bond motifs is 1. The number of nitriles is 1. The van der Waals surface area contributed by atoms with Gasteiger partial charge in [-0.05, 0) is 60.0 Å². The number of aryl methyl sites for hydroxylation is 1. The van der Waals surface area contributed by atoms with Crippen LogP contribution in [0.5, 0.6) is 0 Å². The number of carbonyl (C=O) groups is 1. The standard InChI is InChI=1S/C23H17N3O4S/c24-13-16-3-7-20(8-4-16)31(29,30)26-15-19(6-10-23(27)28)21-12-17(5-9-22(21)26)18-2-1-11-25-14-18/h1-5,7-9,11-12,14-15H,6,10H2,(H,27,28). The molecule has 4 rings (SSSR count). The second-order valence-electron chi connectivity index (χ2n) is 6.96. The molecular formula is C23H17N3O4S. The van der Waals surface area contributed by atoms with E-state index in [9.17, 15) is 13.2 Å². The quantitative estimate of drug-likeness (QED) is 0.496. The zero-order valence-electron chi connectivity index (χ0n) is 16.3. The number of rotatable bonds is 6. The first kappa shape index (κ1) is 20.3. The normalized spacial score (nSPS) is 11.3. The minimum atomic E-state index is -3.94. The first-order chi connectivity index (χ1) is 14.9. The summed E-state index contributed by atoms with van der Waals surface area (Å²) in [7, 11) is -3.94. The van der Waals surface area contributed by atoms with Crippen molar-refractivity contribution < 1.29 is 18.3 Å². The molecule has 0 radical (unpaired) electrons. The number of hydrogen-bond acceptors (Lipinski definition) is 5. The lowest BCUT2D eigenvalue weighted by molar-refractivity contribution is -0.136. The van der Waals surface area contributed by atoms with Gasteiger partial charge in [-0.25, -0.2) is 12.4 Å². The number of benzene rings is 2. The third kappa shape index (κ3) is 3.91. The first-order valence-corrected chi connectivity index (χ1v) is 10.9. The first-order valence-electron chi connectivity index (χ1n) is 9.42. The maximum atomic E-state index is 13.3. The van der Waals surface area contributed by atoms with Crippen LogP contribution in [0.2, 0.25) is 0 Å². The van der Waals surface area contributed by atoms with E-state index in [2.05, 4.69) is 4.98 Å². The van der Waals surface area contributed by atoms with E-state index >= 15 is 0 Å². The van der Waals surface area contributed by atoms with Crippen molar-refractivity contribution in [2.45, 2.75) is 17.7 Å². The topological polar surface area (TPSA) is 113 Å². The lowest BCUT2D eigenvalue weighted by Gasteiger charge is -2.08. The van der Waals surface area contributed by atoms with E-state index in [4.69, 9.17) is 10.4 Å². The molecule has 0 spiro atoms. The molecule has 1 N–H and O–H groups in total. The molecule has 0 atom stereocenters. The zero-order chi connectivity index (χ0) is 22.0. The van der Waals surface area contributed by atoms with E-state index in [0.29, 0.717) is 22.0 Å². The Morgan fingerprint density at radius 1 is 1.10 bits per heavy atom. The summed E-state index contributed by atoms with van der Waals surface area (Å²) < 4.78 is 27.8. The van der Waals surface area contributed by atoms with Gasteiger partial charge < -0.3 is 5.11 Å². The average molecular weight is 431 g/mol. The van der Waals surface area contributed by atoms with Crippen molar-refractivity contribution in [1.82, 2.24) is 8.96 Å². The average Bonchev–Trinajstić information content (AvgIpc) is 3.17. The molecule has 4 aromatic rings. The van der Waals surface area contributed by atoms with E-state index in [-0.39, 0.29) is 17.7 Å². The van der Waals surface area contributed by atoms with Crippen LogP contribution < -0.4 is 0 Å². The van der Waals surface area contributed by atoms with Crippen LogP contribution in [-0.4, -0.2) is 28.5 Å². The van der Waals surface area contributed by atoms with Gasteiger partial charge in [0.2, 0.25) is 0 Å². The zero-order valence-corrected chi connectivity index (χ0v) is 17.1. The van der Waals surface area contributed by atoms with Crippen molar-refractivity contribution in [3.05, 3.63) is 84.3 Å². The molecule has 7 nitrogen and oxygen atoms in total. The predicted octanol–water partition coefficient (Wildman–Crippen LogP) is 3.83. The summed E-state index contributed by atoms with van der Waals surface area (Å²) in [5.41, 5.74) is 3.17. The van der Waals surface area contributed by atoms with E-state index in [0.717, 1.165) is 11.1 Å². The Labute approximate surface area is 178 Å². The molecule has 0 aliphatic rings. The van der Waals surface area contributed by atoms with Gasteiger partial charge in [-0.2, -0.15) is 5.26 Å². The number of pyridine rings is 1. The molecule has 8 heteroatoms. The van der Waals surface area contributed by atoms with Crippen molar-refractivity contribution in [3.63, 3.8) is 0 Å². The van der Waals surface area contributed by atoms with Crippen LogP contribution in [0.25, 0.3) is 22.0 Å². The van der Waals surface area contributed by atoms with Crippen LogP contribution in [0.15, 0.2) is 78.1 Å². The van der Waals surface area contributed by atoms with E-state index < -0.39 is 16.0 Å². The molecule has 0 saturated heterocycles. The summed E-state index contributed by atoms with van der Waals surface area (Å²) in [6, 6.07) is 16.7. The SMILES string of the molecule is N#Cc1ccc(S(=O)(=O)n2cc(CCC(=O)O)c3cc(-c4cccnc4)ccc32)cc1. The molecule has 0 fully saturated rings. The molecule has 0 aliphatic carbocycles. The summed E-state index contributed by atoms with van der Waals surface area (Å²) in [6.07, 6.45) is 4.93. The summed E-state index contributed by atoms with van der Waals surface area (Å²) in [5, 5.41) is 18.7. The Morgan fingerprint density at radius 3 is 2.52 bits per heavy atom. The van der Waals surface area contributed by atoms with Crippen molar-refractivity contribution in [2.75, 3.05) is 0 Å². The highest BCUT2D eigenvalue weighted by molar-refractivity contribution is 7.90. The highest BCUT2D eigenvalue weighted by Crippen LogP contribution is 2.31. The molecule has 2 aromatic heterocycles. The maximum Gasteiger partial charge on any atom is 0.303 e. The van der Waals surface area contributed by atoms with Crippen LogP contribution in [-0.2, 0) is 21.2 Å². The fraction of sp³-hybridized carbons (Fsp3) is 0.0870. The van der Waals surface area contributed by atoms with Gasteiger partial charge in [0.15, 0.2) is 0 Å². The molecular weight excluding hydrogens is 414 g/mol. The lowest BCUT2D eigenvalue weighted by atomic mass is 10.0. The molecule has 2 heterocycles. The number of aliphatic carboxylic acids is 1. The van der Waals surface area contributed by atoms with Crippen LogP contribution >= 0.6 is 0 Å². The number of carboxylic acid groups (broad SMARTS) is 1. The molecule has 2 aromatic carbocycles. The van der Waals surface area contributed by atoms with E-state index in [1.54, 1.807) is 18.5 Å². The van der Waals surface area contributed by atoms with Gasteiger partial charge in [0.25, 0.3) is 10.0 Å². The van der Waals surface area contributed by atoms with Crippen LogP contribution in [0.4, 0.5) is 0 Å². The maximum absolute atomic E-state index is 13.3. The van der Waals surface area contributed by atoms with Crippen molar-refractivity contribution >= 4 is 26.9 Å². The van der Waals surface area contributed by atoms with Crippen LogP contribution in [0.1, 0.15) is 17.5 Å². The van der Waals surface area contributed by atoms with Crippen LogP contribution in [0, 0.1) is 11.3 Å². The number of nitrogens with zero attached hydrogens (tertiary/aromatic N) is 3. The van der Waals surface area contributed by atoms with Gasteiger partial charge in [0.1, 0.15) is 0 Å². The van der Waals surface area contributed by atoms with Gasteiger partial charge in [0.05, 0.1) is 22.0 Å². The molecule has 0 saturated carbocycles. The lowest BCUT2D eigenvalue weighted by Crippen LogP contribution is -2.11. The Kier molecular flexibility index (Phi) is 5.28. The van der Waals surface area contributed by atoms with Crippen LogP contribution in [0.3, 0.4) is 0 Å². The minimum absolute atomic E-state index is 0.0459. The number of hydrogen-bond donors (Lipinski definition) is 1.